The molecule has 0 amide bonds. The topological polar surface area (TPSA) is 111 Å². The van der Waals surface area contributed by atoms with E-state index in [1.165, 1.54) is 34.1 Å². The van der Waals surface area contributed by atoms with E-state index in [2.05, 4.69) is 10.1 Å². The fraction of sp³-hybridized carbons (Fsp3) is 0.211. The molecule has 0 fully saturated rings. The van der Waals surface area contributed by atoms with Crippen LogP contribution in [0.5, 0.6) is 0 Å². The standard InChI is InChI=1S/C19H18N4O5S/c1-12-5-4-6-14(9-12)22(3)29(25,26)15-7-8-16-17(10-15)27-19(24)23(16)11-18-20-13(2)28-21-18/h4-10H,11H2,1-3H3. The van der Waals surface area contributed by atoms with E-state index in [4.69, 9.17) is 8.94 Å². The summed E-state index contributed by atoms with van der Waals surface area (Å²) in [6.45, 7) is 3.59. The molecule has 0 aliphatic rings. The van der Waals surface area contributed by atoms with Crippen LogP contribution >= 0.6 is 0 Å². The summed E-state index contributed by atoms with van der Waals surface area (Å²) < 4.78 is 38.8. The Balaban J connectivity index is 1.73. The normalized spacial score (nSPS) is 11.8. The van der Waals surface area contributed by atoms with Gasteiger partial charge in [0, 0.05) is 20.0 Å². The van der Waals surface area contributed by atoms with Crippen molar-refractivity contribution in [2.75, 3.05) is 11.4 Å². The second-order valence-corrected chi connectivity index (χ2v) is 8.59. The lowest BCUT2D eigenvalue weighted by Crippen LogP contribution is -2.26. The molecule has 0 bridgehead atoms. The van der Waals surface area contributed by atoms with Gasteiger partial charge >= 0.3 is 5.76 Å². The van der Waals surface area contributed by atoms with Crippen molar-refractivity contribution >= 4 is 26.8 Å². The van der Waals surface area contributed by atoms with Gasteiger partial charge in [0.1, 0.15) is 0 Å². The Hall–Kier alpha value is -3.40. The molecule has 0 saturated heterocycles. The molecule has 9 nitrogen and oxygen atoms in total. The quantitative estimate of drug-likeness (QED) is 0.493. The predicted octanol–water partition coefficient (Wildman–Crippen LogP) is 2.47. The van der Waals surface area contributed by atoms with Crippen LogP contribution in [-0.4, -0.2) is 30.2 Å². The summed E-state index contributed by atoms with van der Waals surface area (Å²) in [5.41, 5.74) is 2.08. The third-order valence-electron chi connectivity index (χ3n) is 4.53. The first kappa shape index (κ1) is 18.9. The number of fused-ring (bicyclic) bond motifs is 1. The molecule has 0 radical (unpaired) electrons. The van der Waals surface area contributed by atoms with Gasteiger partial charge in [0.2, 0.25) is 5.89 Å². The van der Waals surface area contributed by atoms with Crippen molar-refractivity contribution in [3.63, 3.8) is 0 Å². The van der Waals surface area contributed by atoms with Crippen LogP contribution in [0.1, 0.15) is 17.3 Å². The molecule has 0 aliphatic carbocycles. The van der Waals surface area contributed by atoms with Crippen LogP contribution in [0.2, 0.25) is 0 Å². The van der Waals surface area contributed by atoms with Crippen LogP contribution in [0, 0.1) is 13.8 Å². The zero-order valence-electron chi connectivity index (χ0n) is 16.0. The van der Waals surface area contributed by atoms with E-state index in [1.807, 2.05) is 13.0 Å². The van der Waals surface area contributed by atoms with Crippen molar-refractivity contribution in [1.82, 2.24) is 14.7 Å². The summed E-state index contributed by atoms with van der Waals surface area (Å²) in [6.07, 6.45) is 0. The fourth-order valence-electron chi connectivity index (χ4n) is 3.02. The molecule has 2 aromatic carbocycles. The molecule has 0 saturated carbocycles. The second kappa shape index (κ2) is 6.89. The fourth-order valence-corrected chi connectivity index (χ4v) is 4.23. The number of nitrogens with zero attached hydrogens (tertiary/aromatic N) is 4. The van der Waals surface area contributed by atoms with Crippen molar-refractivity contribution in [3.8, 4) is 0 Å². The Labute approximate surface area is 166 Å². The summed E-state index contributed by atoms with van der Waals surface area (Å²) in [7, 11) is -2.36. The maximum Gasteiger partial charge on any atom is 0.420 e. The molecule has 10 heteroatoms. The van der Waals surface area contributed by atoms with Crippen LogP contribution in [0.25, 0.3) is 11.1 Å². The van der Waals surface area contributed by atoms with Gasteiger partial charge in [0.05, 0.1) is 22.6 Å². The van der Waals surface area contributed by atoms with E-state index in [-0.39, 0.29) is 17.0 Å². The minimum absolute atomic E-state index is 0.0188. The number of sulfonamides is 1. The average molecular weight is 414 g/mol. The van der Waals surface area contributed by atoms with Crippen LogP contribution in [0.3, 0.4) is 0 Å². The summed E-state index contributed by atoms with van der Waals surface area (Å²) in [4.78, 5) is 16.3. The van der Waals surface area contributed by atoms with Crippen LogP contribution < -0.4 is 10.1 Å². The third kappa shape index (κ3) is 3.42. The minimum atomic E-state index is -3.84. The third-order valence-corrected chi connectivity index (χ3v) is 6.31. The number of benzene rings is 2. The number of rotatable bonds is 5. The highest BCUT2D eigenvalue weighted by Crippen LogP contribution is 2.25. The van der Waals surface area contributed by atoms with E-state index in [0.717, 1.165) is 5.56 Å². The Morgan fingerprint density at radius 2 is 1.93 bits per heavy atom. The molecule has 0 spiro atoms. The summed E-state index contributed by atoms with van der Waals surface area (Å²) in [6, 6.07) is 11.5. The minimum Gasteiger partial charge on any atom is -0.408 e. The first-order chi connectivity index (χ1) is 13.8. The number of hydrogen-bond acceptors (Lipinski definition) is 7. The van der Waals surface area contributed by atoms with E-state index in [1.54, 1.807) is 25.1 Å². The number of oxazole rings is 1. The summed E-state index contributed by atoms with van der Waals surface area (Å²) in [5, 5.41) is 3.77. The highest BCUT2D eigenvalue weighted by molar-refractivity contribution is 7.92. The van der Waals surface area contributed by atoms with Gasteiger partial charge in [-0.05, 0) is 36.8 Å². The van der Waals surface area contributed by atoms with Crippen LogP contribution in [-0.2, 0) is 16.6 Å². The Kier molecular flexibility index (Phi) is 4.50. The molecule has 4 rings (SSSR count). The van der Waals surface area contributed by atoms with E-state index >= 15 is 0 Å². The van der Waals surface area contributed by atoms with Gasteiger partial charge in [-0.2, -0.15) is 4.98 Å². The molecule has 4 aromatic rings. The average Bonchev–Trinajstić information content (AvgIpc) is 3.23. The van der Waals surface area contributed by atoms with Crippen molar-refractivity contribution in [3.05, 3.63) is 70.3 Å². The zero-order valence-corrected chi connectivity index (χ0v) is 16.8. The number of aromatic nitrogens is 3. The van der Waals surface area contributed by atoms with Gasteiger partial charge in [-0.3, -0.25) is 8.87 Å². The molecule has 0 aliphatic heterocycles. The van der Waals surface area contributed by atoms with Crippen molar-refractivity contribution < 1.29 is 17.4 Å². The zero-order chi connectivity index (χ0) is 20.8. The molecular formula is C19H18N4O5S. The molecule has 0 atom stereocenters. The lowest BCUT2D eigenvalue weighted by Gasteiger charge is -2.19. The summed E-state index contributed by atoms with van der Waals surface area (Å²) >= 11 is 0. The Morgan fingerprint density at radius 1 is 1.14 bits per heavy atom. The molecule has 0 N–H and O–H groups in total. The van der Waals surface area contributed by atoms with E-state index in [9.17, 15) is 13.2 Å². The van der Waals surface area contributed by atoms with Gasteiger partial charge in [-0.1, -0.05) is 17.3 Å². The first-order valence-electron chi connectivity index (χ1n) is 8.74. The van der Waals surface area contributed by atoms with Crippen molar-refractivity contribution in [1.29, 1.82) is 0 Å². The monoisotopic (exact) mass is 414 g/mol. The lowest BCUT2D eigenvalue weighted by molar-refractivity contribution is 0.385. The lowest BCUT2D eigenvalue weighted by atomic mass is 10.2. The predicted molar refractivity (Wildman–Crippen MR) is 105 cm³/mol. The molecule has 0 unspecified atom stereocenters. The molecule has 29 heavy (non-hydrogen) atoms. The maximum absolute atomic E-state index is 13.0. The van der Waals surface area contributed by atoms with Crippen LogP contribution in [0.15, 0.2) is 61.1 Å². The summed E-state index contributed by atoms with van der Waals surface area (Å²) in [5.74, 6) is 0.0700. The van der Waals surface area contributed by atoms with Gasteiger partial charge in [0.25, 0.3) is 10.0 Å². The van der Waals surface area contributed by atoms with Crippen LogP contribution in [0.4, 0.5) is 5.69 Å². The second-order valence-electron chi connectivity index (χ2n) is 6.62. The number of aryl methyl sites for hydroxylation is 2. The smallest absolute Gasteiger partial charge is 0.408 e. The SMILES string of the molecule is Cc1cccc(N(C)S(=O)(=O)c2ccc3c(c2)oc(=O)n3Cc2noc(C)n2)c1. The Bertz CT molecular complexity index is 1370. The van der Waals surface area contributed by atoms with E-state index in [0.29, 0.717) is 22.9 Å². The Morgan fingerprint density at radius 3 is 2.62 bits per heavy atom. The number of anilines is 1. The highest BCUT2D eigenvalue weighted by Gasteiger charge is 2.23. The molecule has 2 heterocycles. The first-order valence-corrected chi connectivity index (χ1v) is 10.2. The van der Waals surface area contributed by atoms with Crippen molar-refractivity contribution in [2.24, 2.45) is 0 Å². The van der Waals surface area contributed by atoms with Gasteiger partial charge in [-0.25, -0.2) is 13.2 Å². The maximum atomic E-state index is 13.0. The molecular weight excluding hydrogens is 396 g/mol. The van der Waals surface area contributed by atoms with Gasteiger partial charge in [-0.15, -0.1) is 0 Å². The van der Waals surface area contributed by atoms with Gasteiger partial charge < -0.3 is 8.94 Å². The van der Waals surface area contributed by atoms with Crippen molar-refractivity contribution in [2.45, 2.75) is 25.3 Å². The highest BCUT2D eigenvalue weighted by atomic mass is 32.2. The molecule has 150 valence electrons. The largest absolute Gasteiger partial charge is 0.420 e. The number of hydrogen-bond donors (Lipinski definition) is 0. The van der Waals surface area contributed by atoms with E-state index < -0.39 is 15.8 Å². The molecule has 2 aromatic heterocycles. The van der Waals surface area contributed by atoms with Gasteiger partial charge in [0.15, 0.2) is 11.4 Å².